The number of nitrogens with one attached hydrogen (secondary N) is 1. The molecule has 1 aliphatic rings. The summed E-state index contributed by atoms with van der Waals surface area (Å²) in [7, 11) is 0. The zero-order chi connectivity index (χ0) is 14.5. The molecule has 1 aromatic carbocycles. The molecule has 0 radical (unpaired) electrons. The first-order valence-corrected chi connectivity index (χ1v) is 7.84. The van der Waals surface area contributed by atoms with Gasteiger partial charge < -0.3 is 15.0 Å². The molecular formula is C15H21BrN2O2. The SMILES string of the molecule is CCOC(=O)N1CCC(Nc2ccc(Br)c(C)c2)CC1. The van der Waals surface area contributed by atoms with Crippen molar-refractivity contribution in [3.63, 3.8) is 0 Å². The second kappa shape index (κ2) is 6.97. The van der Waals surface area contributed by atoms with Gasteiger partial charge in [-0.25, -0.2) is 4.79 Å². The topological polar surface area (TPSA) is 41.6 Å². The van der Waals surface area contributed by atoms with Crippen molar-refractivity contribution in [2.24, 2.45) is 0 Å². The Bertz CT molecular complexity index is 471. The number of nitrogens with zero attached hydrogens (tertiary/aromatic N) is 1. The average molecular weight is 341 g/mol. The number of carbonyl (C=O) groups excluding carboxylic acids is 1. The maximum Gasteiger partial charge on any atom is 0.409 e. The van der Waals surface area contributed by atoms with Crippen LogP contribution < -0.4 is 5.32 Å². The fourth-order valence-electron chi connectivity index (χ4n) is 2.39. The van der Waals surface area contributed by atoms with Crippen molar-refractivity contribution < 1.29 is 9.53 Å². The lowest BCUT2D eigenvalue weighted by Gasteiger charge is -2.32. The molecule has 1 saturated heterocycles. The predicted octanol–water partition coefficient (Wildman–Crippen LogP) is 3.79. The number of hydrogen-bond donors (Lipinski definition) is 1. The molecule has 0 aromatic heterocycles. The van der Waals surface area contributed by atoms with E-state index in [2.05, 4.69) is 46.4 Å². The Morgan fingerprint density at radius 2 is 2.15 bits per heavy atom. The number of amides is 1. The minimum atomic E-state index is -0.189. The minimum Gasteiger partial charge on any atom is -0.450 e. The first-order valence-electron chi connectivity index (χ1n) is 7.04. The lowest BCUT2D eigenvalue weighted by atomic mass is 10.0. The molecule has 1 heterocycles. The molecule has 0 spiro atoms. The van der Waals surface area contributed by atoms with Crippen LogP contribution in [0, 0.1) is 6.92 Å². The number of anilines is 1. The van der Waals surface area contributed by atoms with Gasteiger partial charge in [0.25, 0.3) is 0 Å². The van der Waals surface area contributed by atoms with Crippen LogP contribution in [0.5, 0.6) is 0 Å². The van der Waals surface area contributed by atoms with Crippen molar-refractivity contribution in [1.82, 2.24) is 4.90 Å². The largest absolute Gasteiger partial charge is 0.450 e. The van der Waals surface area contributed by atoms with Gasteiger partial charge >= 0.3 is 6.09 Å². The molecule has 0 unspecified atom stereocenters. The van der Waals surface area contributed by atoms with Crippen molar-refractivity contribution in [2.45, 2.75) is 32.7 Å². The highest BCUT2D eigenvalue weighted by Gasteiger charge is 2.23. The van der Waals surface area contributed by atoms with Crippen molar-refractivity contribution in [2.75, 3.05) is 25.0 Å². The molecule has 1 aromatic rings. The van der Waals surface area contributed by atoms with Crippen molar-refractivity contribution in [3.8, 4) is 0 Å². The fraction of sp³-hybridized carbons (Fsp3) is 0.533. The Hall–Kier alpha value is -1.23. The van der Waals surface area contributed by atoms with Crippen LogP contribution in [0.15, 0.2) is 22.7 Å². The summed E-state index contributed by atoms with van der Waals surface area (Å²) in [5.74, 6) is 0. The highest BCUT2D eigenvalue weighted by molar-refractivity contribution is 9.10. The molecule has 2 rings (SSSR count). The summed E-state index contributed by atoms with van der Waals surface area (Å²) in [6, 6.07) is 6.70. The second-order valence-corrected chi connectivity index (χ2v) is 5.92. The lowest BCUT2D eigenvalue weighted by molar-refractivity contribution is 0.0983. The molecule has 0 saturated carbocycles. The highest BCUT2D eigenvalue weighted by Crippen LogP contribution is 2.22. The van der Waals surface area contributed by atoms with Gasteiger partial charge in [-0.15, -0.1) is 0 Å². The smallest absolute Gasteiger partial charge is 0.409 e. The average Bonchev–Trinajstić information content (AvgIpc) is 2.44. The van der Waals surface area contributed by atoms with Crippen LogP contribution in [0.4, 0.5) is 10.5 Å². The number of hydrogen-bond acceptors (Lipinski definition) is 3. The van der Waals surface area contributed by atoms with Gasteiger partial charge in [0.2, 0.25) is 0 Å². The number of likely N-dealkylation sites (tertiary alicyclic amines) is 1. The van der Waals surface area contributed by atoms with Crippen LogP contribution in [0.2, 0.25) is 0 Å². The third-order valence-corrected chi connectivity index (χ3v) is 4.44. The summed E-state index contributed by atoms with van der Waals surface area (Å²) in [6.45, 7) is 5.87. The number of aryl methyl sites for hydroxylation is 1. The number of piperidine rings is 1. The third kappa shape index (κ3) is 3.88. The molecule has 1 aliphatic heterocycles. The minimum absolute atomic E-state index is 0.189. The Morgan fingerprint density at radius 1 is 1.45 bits per heavy atom. The number of halogens is 1. The Balaban J connectivity index is 1.85. The molecular weight excluding hydrogens is 320 g/mol. The zero-order valence-electron chi connectivity index (χ0n) is 12.0. The Kier molecular flexibility index (Phi) is 5.29. The molecule has 0 atom stereocenters. The van der Waals surface area contributed by atoms with Gasteiger partial charge in [0.05, 0.1) is 6.61 Å². The van der Waals surface area contributed by atoms with Gasteiger partial charge in [-0.1, -0.05) is 15.9 Å². The van der Waals surface area contributed by atoms with Crippen LogP contribution in [-0.4, -0.2) is 36.7 Å². The van der Waals surface area contributed by atoms with Gasteiger partial charge in [-0.05, 0) is 50.5 Å². The first kappa shape index (κ1) is 15.2. The van der Waals surface area contributed by atoms with Crippen LogP contribution in [0.1, 0.15) is 25.3 Å². The van der Waals surface area contributed by atoms with Gasteiger partial charge in [0.15, 0.2) is 0 Å². The summed E-state index contributed by atoms with van der Waals surface area (Å²) in [5.41, 5.74) is 2.36. The van der Waals surface area contributed by atoms with Gasteiger partial charge in [0, 0.05) is 29.3 Å². The third-order valence-electron chi connectivity index (χ3n) is 3.55. The van der Waals surface area contributed by atoms with E-state index in [-0.39, 0.29) is 6.09 Å². The fourth-order valence-corrected chi connectivity index (χ4v) is 2.64. The highest BCUT2D eigenvalue weighted by atomic mass is 79.9. The van der Waals surface area contributed by atoms with E-state index in [9.17, 15) is 4.79 Å². The van der Waals surface area contributed by atoms with E-state index in [4.69, 9.17) is 4.74 Å². The summed E-state index contributed by atoms with van der Waals surface area (Å²) in [4.78, 5) is 13.4. The Labute approximate surface area is 128 Å². The van der Waals surface area contributed by atoms with Crippen molar-refractivity contribution in [1.29, 1.82) is 0 Å². The van der Waals surface area contributed by atoms with Crippen molar-refractivity contribution in [3.05, 3.63) is 28.2 Å². The van der Waals surface area contributed by atoms with E-state index < -0.39 is 0 Å². The Morgan fingerprint density at radius 3 is 2.75 bits per heavy atom. The first-order chi connectivity index (χ1) is 9.60. The standard InChI is InChI=1S/C15H21BrN2O2/c1-3-20-15(19)18-8-6-12(7-9-18)17-13-4-5-14(16)11(2)10-13/h4-5,10,12,17H,3,6-9H2,1-2H3. The quantitative estimate of drug-likeness (QED) is 0.909. The maximum atomic E-state index is 11.6. The van der Waals surface area contributed by atoms with Gasteiger partial charge in [-0.3, -0.25) is 0 Å². The van der Waals surface area contributed by atoms with Crippen LogP contribution >= 0.6 is 15.9 Å². The molecule has 4 nitrogen and oxygen atoms in total. The normalized spacial score (nSPS) is 16.1. The summed E-state index contributed by atoms with van der Waals surface area (Å²) in [6.07, 6.45) is 1.72. The monoisotopic (exact) mass is 340 g/mol. The summed E-state index contributed by atoms with van der Waals surface area (Å²) in [5, 5.41) is 3.54. The molecule has 0 bridgehead atoms. The van der Waals surface area contributed by atoms with Crippen LogP contribution in [0.25, 0.3) is 0 Å². The lowest BCUT2D eigenvalue weighted by Crippen LogP contribution is -2.42. The molecule has 110 valence electrons. The second-order valence-electron chi connectivity index (χ2n) is 5.07. The zero-order valence-corrected chi connectivity index (χ0v) is 13.6. The van der Waals surface area contributed by atoms with E-state index in [1.54, 1.807) is 4.90 Å². The summed E-state index contributed by atoms with van der Waals surface area (Å²) < 4.78 is 6.15. The molecule has 0 aliphatic carbocycles. The van der Waals surface area contributed by atoms with Gasteiger partial charge in [0.1, 0.15) is 0 Å². The number of rotatable bonds is 3. The molecule has 5 heteroatoms. The predicted molar refractivity (Wildman–Crippen MR) is 84.1 cm³/mol. The van der Waals surface area contributed by atoms with Crippen LogP contribution in [-0.2, 0) is 4.74 Å². The summed E-state index contributed by atoms with van der Waals surface area (Å²) >= 11 is 3.51. The van der Waals surface area contributed by atoms with E-state index in [1.807, 2.05) is 6.92 Å². The van der Waals surface area contributed by atoms with E-state index in [0.29, 0.717) is 12.6 Å². The van der Waals surface area contributed by atoms with E-state index >= 15 is 0 Å². The number of benzene rings is 1. The molecule has 1 amide bonds. The number of carbonyl (C=O) groups is 1. The molecule has 1 N–H and O–H groups in total. The van der Waals surface area contributed by atoms with Crippen molar-refractivity contribution >= 4 is 27.7 Å². The molecule has 1 fully saturated rings. The maximum absolute atomic E-state index is 11.6. The van der Waals surface area contributed by atoms with Gasteiger partial charge in [-0.2, -0.15) is 0 Å². The molecule has 20 heavy (non-hydrogen) atoms. The van der Waals surface area contributed by atoms with E-state index in [1.165, 1.54) is 5.56 Å². The van der Waals surface area contributed by atoms with E-state index in [0.717, 1.165) is 36.1 Å². The number of ether oxygens (including phenoxy) is 1. The van der Waals surface area contributed by atoms with Crippen LogP contribution in [0.3, 0.4) is 0 Å².